The Balaban J connectivity index is 1.51. The van der Waals surface area contributed by atoms with Crippen LogP contribution >= 0.6 is 11.8 Å². The van der Waals surface area contributed by atoms with Crippen molar-refractivity contribution in [3.8, 4) is 6.07 Å². The molecule has 4 rings (SSSR count). The Morgan fingerprint density at radius 3 is 2.52 bits per heavy atom. The van der Waals surface area contributed by atoms with Crippen LogP contribution in [0.2, 0.25) is 0 Å². The maximum atomic E-state index is 13.0. The van der Waals surface area contributed by atoms with E-state index in [9.17, 15) is 13.2 Å². The fraction of sp³-hybridized carbons (Fsp3) is 0.375. The van der Waals surface area contributed by atoms with Gasteiger partial charge in [0.05, 0.1) is 23.7 Å². The zero-order valence-corrected chi connectivity index (χ0v) is 18.8. The summed E-state index contributed by atoms with van der Waals surface area (Å²) in [6.45, 7) is 0.294. The van der Waals surface area contributed by atoms with Gasteiger partial charge in [-0.15, -0.1) is 10.2 Å². The lowest BCUT2D eigenvalue weighted by Crippen LogP contribution is -2.18. The Morgan fingerprint density at radius 2 is 1.82 bits per heavy atom. The van der Waals surface area contributed by atoms with Crippen molar-refractivity contribution in [2.45, 2.75) is 61.8 Å². The van der Waals surface area contributed by atoms with Gasteiger partial charge in [0.1, 0.15) is 0 Å². The number of nitrogens with one attached hydrogen (secondary N) is 1. The molecule has 1 saturated carbocycles. The number of hydrogen-bond acceptors (Lipinski definition) is 5. The van der Waals surface area contributed by atoms with Crippen LogP contribution in [-0.2, 0) is 18.5 Å². The second kappa shape index (κ2) is 10.3. The Labute approximate surface area is 195 Å². The number of nitriles is 1. The van der Waals surface area contributed by atoms with Crippen LogP contribution in [0, 0.1) is 11.3 Å². The molecule has 9 heteroatoms. The van der Waals surface area contributed by atoms with E-state index in [0.29, 0.717) is 23.5 Å². The van der Waals surface area contributed by atoms with Gasteiger partial charge in [0, 0.05) is 17.5 Å². The topological polar surface area (TPSA) is 66.5 Å². The van der Waals surface area contributed by atoms with E-state index in [2.05, 4.69) is 26.2 Å². The van der Waals surface area contributed by atoms with E-state index in [1.165, 1.54) is 12.5 Å². The Kier molecular flexibility index (Phi) is 7.23. The summed E-state index contributed by atoms with van der Waals surface area (Å²) in [6.07, 6.45) is 1.20. The smallest absolute Gasteiger partial charge is 0.378 e. The number of thioether (sulfide) groups is 1. The van der Waals surface area contributed by atoms with E-state index in [0.717, 1.165) is 54.4 Å². The van der Waals surface area contributed by atoms with Gasteiger partial charge >= 0.3 is 6.18 Å². The molecule has 1 aliphatic carbocycles. The lowest BCUT2D eigenvalue weighted by Gasteiger charge is -2.25. The SMILES string of the molecule is N#Cc1ccc(CSc2nnc(CNc3cccc(C(F)(F)F)c3)n2C2CCCCC2)cc1. The number of nitrogens with zero attached hydrogens (tertiary/aromatic N) is 4. The first-order chi connectivity index (χ1) is 15.9. The minimum Gasteiger partial charge on any atom is -0.378 e. The lowest BCUT2D eigenvalue weighted by molar-refractivity contribution is -0.137. The zero-order valence-electron chi connectivity index (χ0n) is 18.0. The van der Waals surface area contributed by atoms with E-state index in [4.69, 9.17) is 5.26 Å². The number of anilines is 1. The molecule has 0 amide bonds. The van der Waals surface area contributed by atoms with Crippen LogP contribution in [0.25, 0.3) is 0 Å². The Hall–Kier alpha value is -2.99. The molecule has 0 saturated heterocycles. The van der Waals surface area contributed by atoms with E-state index in [-0.39, 0.29) is 6.04 Å². The van der Waals surface area contributed by atoms with Crippen molar-refractivity contribution in [1.82, 2.24) is 14.8 Å². The maximum Gasteiger partial charge on any atom is 0.416 e. The van der Waals surface area contributed by atoms with E-state index < -0.39 is 11.7 Å². The standard InChI is InChI=1S/C24H24F3N5S/c25-24(26,27)19-5-4-6-20(13-19)29-15-22-30-31-23(32(22)21-7-2-1-3-8-21)33-16-18-11-9-17(14-28)10-12-18/h4-6,9-13,21,29H,1-3,7-8,15-16H2. The Bertz CT molecular complexity index is 1110. The molecule has 1 N–H and O–H groups in total. The predicted octanol–water partition coefficient (Wildman–Crippen LogP) is 6.58. The van der Waals surface area contributed by atoms with E-state index in [1.54, 1.807) is 30.0 Å². The maximum absolute atomic E-state index is 13.0. The third kappa shape index (κ3) is 5.88. The van der Waals surface area contributed by atoms with Gasteiger partial charge in [-0.25, -0.2) is 0 Å². The molecule has 2 aromatic carbocycles. The normalized spacial score (nSPS) is 14.7. The third-order valence-electron chi connectivity index (χ3n) is 5.77. The monoisotopic (exact) mass is 471 g/mol. The van der Waals surface area contributed by atoms with Crippen molar-refractivity contribution < 1.29 is 13.2 Å². The third-order valence-corrected chi connectivity index (χ3v) is 6.78. The van der Waals surface area contributed by atoms with Gasteiger partial charge < -0.3 is 9.88 Å². The molecule has 0 aliphatic heterocycles. The number of alkyl halides is 3. The first-order valence-corrected chi connectivity index (χ1v) is 11.9. The molecule has 1 aromatic heterocycles. The van der Waals surface area contributed by atoms with Crippen LogP contribution in [0.1, 0.15) is 60.7 Å². The Morgan fingerprint density at radius 1 is 1.06 bits per heavy atom. The molecule has 0 unspecified atom stereocenters. The minimum atomic E-state index is -4.38. The van der Waals surface area contributed by atoms with Crippen molar-refractivity contribution in [3.05, 3.63) is 71.0 Å². The molecule has 1 fully saturated rings. The highest BCUT2D eigenvalue weighted by molar-refractivity contribution is 7.98. The molecule has 0 atom stereocenters. The summed E-state index contributed by atoms with van der Waals surface area (Å²) in [7, 11) is 0. The average molecular weight is 472 g/mol. The molecule has 0 radical (unpaired) electrons. The quantitative estimate of drug-likeness (QED) is 0.394. The summed E-state index contributed by atoms with van der Waals surface area (Å²) in [5, 5.41) is 21.7. The van der Waals surface area contributed by atoms with Gasteiger partial charge in [-0.3, -0.25) is 0 Å². The fourth-order valence-electron chi connectivity index (χ4n) is 4.04. The van der Waals surface area contributed by atoms with Gasteiger partial charge in [0.15, 0.2) is 11.0 Å². The number of hydrogen-bond donors (Lipinski definition) is 1. The van der Waals surface area contributed by atoms with Crippen molar-refractivity contribution in [1.29, 1.82) is 5.26 Å². The molecule has 33 heavy (non-hydrogen) atoms. The molecule has 172 valence electrons. The van der Waals surface area contributed by atoms with E-state index >= 15 is 0 Å². The first-order valence-electron chi connectivity index (χ1n) is 10.9. The molecule has 1 heterocycles. The predicted molar refractivity (Wildman–Crippen MR) is 122 cm³/mol. The molecule has 5 nitrogen and oxygen atoms in total. The van der Waals surface area contributed by atoms with Gasteiger partial charge in [-0.2, -0.15) is 18.4 Å². The number of aromatic nitrogens is 3. The lowest BCUT2D eigenvalue weighted by atomic mass is 9.95. The van der Waals surface area contributed by atoms with Gasteiger partial charge in [-0.1, -0.05) is 49.2 Å². The molecule has 0 spiro atoms. The molecular weight excluding hydrogens is 447 g/mol. The molecule has 3 aromatic rings. The molecule has 1 aliphatic rings. The summed E-state index contributed by atoms with van der Waals surface area (Å²) in [5.74, 6) is 1.42. The average Bonchev–Trinajstić information content (AvgIpc) is 3.25. The number of rotatable bonds is 7. The second-order valence-electron chi connectivity index (χ2n) is 8.09. The second-order valence-corrected chi connectivity index (χ2v) is 9.03. The van der Waals surface area contributed by atoms with E-state index in [1.807, 2.05) is 12.1 Å². The summed E-state index contributed by atoms with van der Waals surface area (Å²) in [6, 6.07) is 15.1. The number of halogens is 3. The summed E-state index contributed by atoms with van der Waals surface area (Å²) in [5.41, 5.74) is 1.42. The summed E-state index contributed by atoms with van der Waals surface area (Å²) >= 11 is 1.59. The fourth-order valence-corrected chi connectivity index (χ4v) is 5.02. The number of benzene rings is 2. The molecular formula is C24H24F3N5S. The minimum absolute atomic E-state index is 0.288. The highest BCUT2D eigenvalue weighted by atomic mass is 32.2. The van der Waals surface area contributed by atoms with Crippen molar-refractivity contribution in [3.63, 3.8) is 0 Å². The first kappa shape index (κ1) is 23.2. The van der Waals surface area contributed by atoms with Crippen molar-refractivity contribution in [2.24, 2.45) is 0 Å². The largest absolute Gasteiger partial charge is 0.416 e. The van der Waals surface area contributed by atoms with Crippen molar-refractivity contribution in [2.75, 3.05) is 5.32 Å². The molecule has 0 bridgehead atoms. The van der Waals surface area contributed by atoms with Crippen LogP contribution < -0.4 is 5.32 Å². The van der Waals surface area contributed by atoms with Crippen LogP contribution in [-0.4, -0.2) is 14.8 Å². The zero-order chi connectivity index (χ0) is 23.3. The van der Waals surface area contributed by atoms with Crippen LogP contribution in [0.15, 0.2) is 53.7 Å². The van der Waals surface area contributed by atoms with Crippen LogP contribution in [0.5, 0.6) is 0 Å². The highest BCUT2D eigenvalue weighted by Crippen LogP contribution is 2.34. The van der Waals surface area contributed by atoms with Gasteiger partial charge in [-0.05, 0) is 48.7 Å². The summed E-state index contributed by atoms with van der Waals surface area (Å²) < 4.78 is 41.3. The van der Waals surface area contributed by atoms with Gasteiger partial charge in [0.2, 0.25) is 0 Å². The van der Waals surface area contributed by atoms with Gasteiger partial charge in [0.25, 0.3) is 0 Å². The van der Waals surface area contributed by atoms with Crippen molar-refractivity contribution >= 4 is 17.4 Å². The summed E-state index contributed by atoms with van der Waals surface area (Å²) in [4.78, 5) is 0. The van der Waals surface area contributed by atoms with Crippen LogP contribution in [0.4, 0.5) is 18.9 Å². The highest BCUT2D eigenvalue weighted by Gasteiger charge is 2.30. The van der Waals surface area contributed by atoms with Crippen LogP contribution in [0.3, 0.4) is 0 Å².